The van der Waals surface area contributed by atoms with Crippen LogP contribution in [0.5, 0.6) is 11.5 Å². The number of hydrogen-bond acceptors (Lipinski definition) is 6. The van der Waals surface area contributed by atoms with Crippen molar-refractivity contribution in [3.8, 4) is 11.5 Å². The Morgan fingerprint density at radius 1 is 1.13 bits per heavy atom. The molecular weight excluding hydrogens is 398 g/mol. The summed E-state index contributed by atoms with van der Waals surface area (Å²) in [4.78, 5) is 34.8. The zero-order chi connectivity index (χ0) is 21.4. The summed E-state index contributed by atoms with van der Waals surface area (Å²) in [6.07, 6.45) is 5.10. The van der Waals surface area contributed by atoms with Gasteiger partial charge in [0.15, 0.2) is 23.9 Å². The second-order valence-electron chi connectivity index (χ2n) is 7.16. The van der Waals surface area contributed by atoms with Crippen molar-refractivity contribution in [3.63, 3.8) is 0 Å². The molecule has 2 aliphatic rings. The van der Waals surface area contributed by atoms with Gasteiger partial charge in [-0.25, -0.2) is 4.98 Å². The fourth-order valence-corrected chi connectivity index (χ4v) is 3.81. The molecule has 8 nitrogen and oxygen atoms in total. The van der Waals surface area contributed by atoms with Gasteiger partial charge in [-0.1, -0.05) is 6.07 Å². The largest absolute Gasteiger partial charge is 0.507 e. The lowest BCUT2D eigenvalue weighted by Crippen LogP contribution is -2.30. The molecule has 31 heavy (non-hydrogen) atoms. The Balaban J connectivity index is 1.63. The highest BCUT2D eigenvalue weighted by atomic mass is 16.7. The molecule has 4 heterocycles. The lowest BCUT2D eigenvalue weighted by atomic mass is 9.98. The van der Waals surface area contributed by atoms with Crippen molar-refractivity contribution in [1.82, 2.24) is 9.88 Å². The number of hydrogen-bond donors (Lipinski definition) is 1. The Morgan fingerprint density at radius 3 is 2.77 bits per heavy atom. The van der Waals surface area contributed by atoms with E-state index in [9.17, 15) is 14.7 Å². The molecule has 1 unspecified atom stereocenters. The van der Waals surface area contributed by atoms with Gasteiger partial charge in [-0.3, -0.25) is 14.6 Å². The van der Waals surface area contributed by atoms with Gasteiger partial charge in [-0.2, -0.15) is 0 Å². The van der Waals surface area contributed by atoms with E-state index in [2.05, 4.69) is 9.97 Å². The first-order valence-electron chi connectivity index (χ1n) is 9.68. The number of ketones is 1. The van der Waals surface area contributed by atoms with Gasteiger partial charge in [-0.15, -0.1) is 0 Å². The minimum absolute atomic E-state index is 0.0116. The minimum Gasteiger partial charge on any atom is -0.507 e. The van der Waals surface area contributed by atoms with Crippen molar-refractivity contribution in [1.29, 1.82) is 0 Å². The van der Waals surface area contributed by atoms with Crippen LogP contribution >= 0.6 is 0 Å². The molecule has 3 aromatic rings. The number of aromatic amines is 1. The van der Waals surface area contributed by atoms with E-state index in [1.807, 2.05) is 12.1 Å². The molecule has 1 saturated heterocycles. The van der Waals surface area contributed by atoms with Crippen LogP contribution in [-0.2, 0) is 16.1 Å². The third kappa shape index (κ3) is 3.28. The lowest BCUT2D eigenvalue weighted by Gasteiger charge is -2.24. The number of aliphatic hydroxyl groups excluding tert-OH is 1. The van der Waals surface area contributed by atoms with E-state index in [4.69, 9.17) is 9.47 Å². The first kappa shape index (κ1) is 18.8. The number of nitrogens with zero attached hydrogens (tertiary/aromatic N) is 2. The molecule has 2 N–H and O–H groups in total. The molecule has 1 fully saturated rings. The average molecular weight is 416 g/mol. The Kier molecular flexibility index (Phi) is 4.59. The van der Waals surface area contributed by atoms with E-state index in [0.717, 1.165) is 5.56 Å². The van der Waals surface area contributed by atoms with Gasteiger partial charge in [-0.05, 0) is 36.4 Å². The Bertz CT molecular complexity index is 1190. The maximum Gasteiger partial charge on any atom is 0.296 e. The number of H-pyrrole nitrogens is 1. The van der Waals surface area contributed by atoms with Gasteiger partial charge in [0.25, 0.3) is 11.7 Å². The summed E-state index contributed by atoms with van der Waals surface area (Å²) >= 11 is 0. The van der Waals surface area contributed by atoms with Crippen LogP contribution in [0.2, 0.25) is 0 Å². The number of carbonyl (C=O) groups excluding carboxylic acids is 2. The van der Waals surface area contributed by atoms with E-state index in [-0.39, 0.29) is 24.7 Å². The van der Waals surface area contributed by atoms with Gasteiger partial charge in [0.2, 0.25) is 6.79 Å². The van der Waals surface area contributed by atoms with Gasteiger partial charge in [0.1, 0.15) is 11.8 Å². The molecule has 1 atom stereocenters. The van der Waals surface area contributed by atoms with Crippen molar-refractivity contribution >= 4 is 17.4 Å². The maximum atomic E-state index is 13.0. The average Bonchev–Trinajstić information content (AvgIpc) is 3.38. The smallest absolute Gasteiger partial charge is 0.296 e. The number of nitrogens with one attached hydrogen (secondary N) is 1. The highest BCUT2D eigenvalue weighted by Crippen LogP contribution is 2.41. The number of pyridine rings is 2. The molecule has 0 aliphatic carbocycles. The van der Waals surface area contributed by atoms with E-state index < -0.39 is 17.7 Å². The van der Waals surface area contributed by atoms with Crippen molar-refractivity contribution in [2.45, 2.75) is 12.6 Å². The quantitative estimate of drug-likeness (QED) is 0.398. The van der Waals surface area contributed by atoms with Gasteiger partial charge in [0.05, 0.1) is 17.8 Å². The molecule has 0 radical (unpaired) electrons. The number of likely N-dealkylation sites (tertiary alicyclic amines) is 1. The second kappa shape index (κ2) is 7.56. The molecule has 8 heteroatoms. The molecule has 0 saturated carbocycles. The van der Waals surface area contributed by atoms with Crippen molar-refractivity contribution in [2.75, 3.05) is 6.79 Å². The van der Waals surface area contributed by atoms with E-state index in [1.165, 1.54) is 4.90 Å². The Hall–Kier alpha value is -4.20. The first-order chi connectivity index (χ1) is 15.1. The zero-order valence-corrected chi connectivity index (χ0v) is 16.3. The molecule has 1 amide bonds. The summed E-state index contributed by atoms with van der Waals surface area (Å²) in [5.41, 5.74) is 1.65. The molecule has 2 aliphatic heterocycles. The Morgan fingerprint density at radius 2 is 2.00 bits per heavy atom. The molecule has 0 spiro atoms. The third-order valence-corrected chi connectivity index (χ3v) is 5.28. The predicted molar refractivity (Wildman–Crippen MR) is 108 cm³/mol. The molecule has 5 rings (SSSR count). The zero-order valence-electron chi connectivity index (χ0n) is 16.3. The van der Waals surface area contributed by atoms with E-state index in [0.29, 0.717) is 22.8 Å². The minimum atomic E-state index is -0.827. The second-order valence-corrected chi connectivity index (χ2v) is 7.16. The van der Waals surface area contributed by atoms with Crippen LogP contribution in [0.4, 0.5) is 0 Å². The first-order valence-corrected chi connectivity index (χ1v) is 9.68. The predicted octanol–water partition coefficient (Wildman–Crippen LogP) is 2.25. The fourth-order valence-electron chi connectivity index (χ4n) is 3.81. The summed E-state index contributed by atoms with van der Waals surface area (Å²) in [5.74, 6) is -0.715. The standard InChI is InChI=1S/C23H17N3O5/c27-21(15-6-7-17-18(10-15)31-13-30-17)19-20(16-5-1-2-9-25-16)26(23(29)22(19)28)12-14-4-3-8-24-11-14/h1-11,20,27H,12-13H2/p+1. The van der Waals surface area contributed by atoms with E-state index in [1.54, 1.807) is 55.0 Å². The summed E-state index contributed by atoms with van der Waals surface area (Å²) in [7, 11) is 0. The van der Waals surface area contributed by atoms with Gasteiger partial charge < -0.3 is 19.5 Å². The Labute approximate surface area is 177 Å². The lowest BCUT2D eigenvalue weighted by molar-refractivity contribution is -0.378. The van der Waals surface area contributed by atoms with Crippen LogP contribution < -0.4 is 14.5 Å². The van der Waals surface area contributed by atoms with Crippen LogP contribution in [0, 0.1) is 0 Å². The number of carbonyl (C=O) groups is 2. The fraction of sp³-hybridized carbons (Fsp3) is 0.130. The van der Waals surface area contributed by atoms with Crippen LogP contribution in [0.3, 0.4) is 0 Å². The van der Waals surface area contributed by atoms with Gasteiger partial charge in [0, 0.05) is 23.4 Å². The number of benzene rings is 1. The SMILES string of the molecule is O=C1C(=O)N(Cc2ccc[nH+]c2)C(c2ccccn2)C1=C(O)c1ccc2c(c1)OCO2. The number of fused-ring (bicyclic) bond motifs is 1. The van der Waals surface area contributed by atoms with E-state index >= 15 is 0 Å². The third-order valence-electron chi connectivity index (χ3n) is 5.28. The summed E-state index contributed by atoms with van der Waals surface area (Å²) in [6.45, 7) is 0.271. The monoisotopic (exact) mass is 416 g/mol. The normalized spacial score (nSPS) is 19.1. The number of aromatic nitrogens is 2. The van der Waals surface area contributed by atoms with Crippen molar-refractivity contribution in [2.24, 2.45) is 0 Å². The highest BCUT2D eigenvalue weighted by molar-refractivity contribution is 6.46. The van der Waals surface area contributed by atoms with Crippen molar-refractivity contribution in [3.05, 3.63) is 89.5 Å². The topological polar surface area (TPSA) is 103 Å². The van der Waals surface area contributed by atoms with Gasteiger partial charge >= 0.3 is 0 Å². The number of rotatable bonds is 4. The number of aliphatic hydroxyl groups is 1. The highest BCUT2D eigenvalue weighted by Gasteiger charge is 2.47. The molecule has 2 aromatic heterocycles. The summed E-state index contributed by atoms with van der Waals surface area (Å²) < 4.78 is 10.7. The molecular formula is C23H18N3O5+. The summed E-state index contributed by atoms with van der Waals surface area (Å²) in [5, 5.41) is 11.1. The van der Waals surface area contributed by atoms with Crippen molar-refractivity contribution < 1.29 is 29.2 Å². The number of ether oxygens (including phenoxy) is 2. The maximum absolute atomic E-state index is 13.0. The molecule has 154 valence electrons. The van der Waals surface area contributed by atoms with Crippen LogP contribution in [0.1, 0.15) is 22.9 Å². The van der Waals surface area contributed by atoms with Crippen LogP contribution in [0.25, 0.3) is 5.76 Å². The van der Waals surface area contributed by atoms with Crippen LogP contribution in [-0.4, -0.2) is 33.5 Å². The molecule has 1 aromatic carbocycles. The summed E-state index contributed by atoms with van der Waals surface area (Å²) in [6, 6.07) is 13.0. The number of amides is 1. The number of Topliss-reactive ketones (excluding diaryl/α,β-unsaturated/α-hetero) is 1. The molecule has 0 bridgehead atoms. The van der Waals surface area contributed by atoms with Crippen LogP contribution in [0.15, 0.2) is 72.7 Å².